The van der Waals surface area contributed by atoms with Crippen LogP contribution in [-0.4, -0.2) is 66.3 Å². The van der Waals surface area contributed by atoms with Crippen molar-refractivity contribution in [3.8, 4) is 5.88 Å². The zero-order valence-electron chi connectivity index (χ0n) is 13.8. The maximum Gasteiger partial charge on any atom is 0.289 e. The molecule has 1 amide bonds. The molecule has 2 aliphatic rings. The van der Waals surface area contributed by atoms with Crippen LogP contribution in [-0.2, 0) is 4.74 Å². The average molecular weight is 344 g/mol. The third-order valence-electron chi connectivity index (χ3n) is 4.41. The molecule has 0 saturated carbocycles. The lowest BCUT2D eigenvalue weighted by atomic mass is 10.3. The first-order valence-corrected chi connectivity index (χ1v) is 8.44. The largest absolute Gasteiger partial charge is 0.472 e. The summed E-state index contributed by atoms with van der Waals surface area (Å²) in [6.45, 7) is 4.19. The summed E-state index contributed by atoms with van der Waals surface area (Å²) < 4.78 is 16.5. The summed E-state index contributed by atoms with van der Waals surface area (Å²) in [7, 11) is 0. The zero-order valence-corrected chi connectivity index (χ0v) is 13.8. The molecule has 2 fully saturated rings. The number of furan rings is 1. The number of aromatic nitrogens is 2. The van der Waals surface area contributed by atoms with Gasteiger partial charge in [0.15, 0.2) is 5.76 Å². The van der Waals surface area contributed by atoms with Gasteiger partial charge in [-0.05, 0) is 12.1 Å². The van der Waals surface area contributed by atoms with E-state index in [1.165, 1.54) is 12.6 Å². The molecule has 25 heavy (non-hydrogen) atoms. The van der Waals surface area contributed by atoms with Crippen LogP contribution in [0.5, 0.6) is 5.88 Å². The molecule has 2 aromatic rings. The minimum Gasteiger partial charge on any atom is -0.472 e. The fourth-order valence-corrected chi connectivity index (χ4v) is 3.10. The van der Waals surface area contributed by atoms with Gasteiger partial charge in [0.2, 0.25) is 5.88 Å². The van der Waals surface area contributed by atoms with E-state index < -0.39 is 0 Å². The van der Waals surface area contributed by atoms with Gasteiger partial charge in [-0.15, -0.1) is 0 Å². The number of morpholine rings is 1. The predicted octanol–water partition coefficient (Wildman–Crippen LogP) is 1.20. The Hall–Kier alpha value is -2.61. The second kappa shape index (κ2) is 7.10. The molecule has 0 unspecified atom stereocenters. The highest BCUT2D eigenvalue weighted by Gasteiger charge is 2.29. The van der Waals surface area contributed by atoms with Crippen molar-refractivity contribution in [3.05, 3.63) is 36.5 Å². The molecule has 0 bridgehead atoms. The number of amides is 1. The number of hydrogen-bond acceptors (Lipinski definition) is 7. The molecular formula is C17H20N4O4. The summed E-state index contributed by atoms with van der Waals surface area (Å²) in [5, 5.41) is 0. The Balaban J connectivity index is 1.37. The van der Waals surface area contributed by atoms with E-state index in [1.807, 2.05) is 6.07 Å². The van der Waals surface area contributed by atoms with Gasteiger partial charge in [-0.1, -0.05) is 0 Å². The first kappa shape index (κ1) is 15.9. The summed E-state index contributed by atoms with van der Waals surface area (Å²) in [4.78, 5) is 24.7. The van der Waals surface area contributed by atoms with Gasteiger partial charge in [-0.3, -0.25) is 4.79 Å². The minimum absolute atomic E-state index is 0.0775. The molecule has 4 heterocycles. The Morgan fingerprint density at radius 1 is 1.24 bits per heavy atom. The zero-order chi connectivity index (χ0) is 17.1. The molecular weight excluding hydrogens is 324 g/mol. The van der Waals surface area contributed by atoms with Gasteiger partial charge < -0.3 is 23.7 Å². The Morgan fingerprint density at radius 3 is 2.92 bits per heavy atom. The molecule has 0 radical (unpaired) electrons. The molecule has 0 N–H and O–H groups in total. The van der Waals surface area contributed by atoms with Crippen LogP contribution in [0, 0.1) is 0 Å². The van der Waals surface area contributed by atoms with Crippen LogP contribution in [0.1, 0.15) is 17.0 Å². The van der Waals surface area contributed by atoms with E-state index in [0.29, 0.717) is 37.9 Å². The summed E-state index contributed by atoms with van der Waals surface area (Å²) in [5.41, 5.74) is 0. The Morgan fingerprint density at radius 2 is 2.12 bits per heavy atom. The fourth-order valence-electron chi connectivity index (χ4n) is 3.10. The molecule has 4 rings (SSSR count). The third-order valence-corrected chi connectivity index (χ3v) is 4.41. The molecule has 0 spiro atoms. The maximum absolute atomic E-state index is 12.3. The smallest absolute Gasteiger partial charge is 0.289 e. The van der Waals surface area contributed by atoms with Crippen LogP contribution in [0.25, 0.3) is 0 Å². The number of likely N-dealkylation sites (tertiary alicyclic amines) is 1. The summed E-state index contributed by atoms with van der Waals surface area (Å²) in [6, 6.07) is 5.24. The minimum atomic E-state index is -0.104. The van der Waals surface area contributed by atoms with Crippen molar-refractivity contribution in [1.29, 1.82) is 0 Å². The highest BCUT2D eigenvalue weighted by molar-refractivity contribution is 5.91. The lowest BCUT2D eigenvalue weighted by Gasteiger charge is -2.27. The molecule has 8 heteroatoms. The number of rotatable bonds is 4. The monoisotopic (exact) mass is 344 g/mol. The molecule has 132 valence electrons. The highest BCUT2D eigenvalue weighted by atomic mass is 16.5. The number of carbonyl (C=O) groups is 1. The lowest BCUT2D eigenvalue weighted by molar-refractivity contribution is 0.0740. The van der Waals surface area contributed by atoms with Crippen LogP contribution in [0.3, 0.4) is 0 Å². The molecule has 8 nitrogen and oxygen atoms in total. The van der Waals surface area contributed by atoms with Crippen molar-refractivity contribution in [3.63, 3.8) is 0 Å². The van der Waals surface area contributed by atoms with Gasteiger partial charge in [0, 0.05) is 32.1 Å². The molecule has 2 saturated heterocycles. The van der Waals surface area contributed by atoms with E-state index in [0.717, 1.165) is 25.3 Å². The van der Waals surface area contributed by atoms with Gasteiger partial charge in [-0.2, -0.15) is 0 Å². The summed E-state index contributed by atoms with van der Waals surface area (Å²) >= 11 is 0. The average Bonchev–Trinajstić information content (AvgIpc) is 3.34. The maximum atomic E-state index is 12.3. The van der Waals surface area contributed by atoms with Crippen LogP contribution in [0.2, 0.25) is 0 Å². The van der Waals surface area contributed by atoms with E-state index in [4.69, 9.17) is 13.9 Å². The second-order valence-corrected chi connectivity index (χ2v) is 6.07. The van der Waals surface area contributed by atoms with Gasteiger partial charge in [0.1, 0.15) is 18.2 Å². The summed E-state index contributed by atoms with van der Waals surface area (Å²) in [6.07, 6.45) is 3.71. The third kappa shape index (κ3) is 3.58. The van der Waals surface area contributed by atoms with Crippen LogP contribution in [0.4, 0.5) is 5.82 Å². The van der Waals surface area contributed by atoms with E-state index in [2.05, 4.69) is 14.9 Å². The first-order chi connectivity index (χ1) is 12.3. The van der Waals surface area contributed by atoms with E-state index in [-0.39, 0.29) is 12.0 Å². The van der Waals surface area contributed by atoms with Crippen molar-refractivity contribution >= 4 is 11.7 Å². The summed E-state index contributed by atoms with van der Waals surface area (Å²) in [5.74, 6) is 1.63. The van der Waals surface area contributed by atoms with E-state index in [1.54, 1.807) is 17.0 Å². The van der Waals surface area contributed by atoms with Gasteiger partial charge in [-0.25, -0.2) is 9.97 Å². The quantitative estimate of drug-likeness (QED) is 0.824. The van der Waals surface area contributed by atoms with Crippen molar-refractivity contribution in [2.45, 2.75) is 12.5 Å². The lowest BCUT2D eigenvalue weighted by Crippen LogP contribution is -2.36. The highest BCUT2D eigenvalue weighted by Crippen LogP contribution is 2.21. The van der Waals surface area contributed by atoms with E-state index in [9.17, 15) is 4.79 Å². The fraction of sp³-hybridized carbons (Fsp3) is 0.471. The van der Waals surface area contributed by atoms with Crippen molar-refractivity contribution < 1.29 is 18.7 Å². The van der Waals surface area contributed by atoms with Crippen LogP contribution >= 0.6 is 0 Å². The molecule has 0 aliphatic carbocycles. The Labute approximate surface area is 145 Å². The molecule has 1 atom stereocenters. The van der Waals surface area contributed by atoms with Gasteiger partial charge in [0.05, 0.1) is 26.0 Å². The predicted molar refractivity (Wildman–Crippen MR) is 88.7 cm³/mol. The second-order valence-electron chi connectivity index (χ2n) is 6.07. The van der Waals surface area contributed by atoms with E-state index >= 15 is 0 Å². The standard InChI is InChI=1S/C17H20N4O4/c22-17(14-2-1-7-24-14)21-4-3-13(11-21)25-16-10-15(18-12-19-16)20-5-8-23-9-6-20/h1-2,7,10,12-13H,3-6,8-9,11H2/t13-/m0/s1. The first-order valence-electron chi connectivity index (χ1n) is 8.44. The van der Waals surface area contributed by atoms with Crippen molar-refractivity contribution in [2.24, 2.45) is 0 Å². The molecule has 0 aromatic carbocycles. The van der Waals surface area contributed by atoms with Crippen LogP contribution < -0.4 is 9.64 Å². The van der Waals surface area contributed by atoms with Crippen molar-refractivity contribution in [2.75, 3.05) is 44.3 Å². The number of hydrogen-bond donors (Lipinski definition) is 0. The van der Waals surface area contributed by atoms with Gasteiger partial charge >= 0.3 is 0 Å². The van der Waals surface area contributed by atoms with Gasteiger partial charge in [0.25, 0.3) is 5.91 Å². The Bertz CT molecular complexity index is 715. The topological polar surface area (TPSA) is 80.9 Å². The Kier molecular flexibility index (Phi) is 4.51. The number of ether oxygens (including phenoxy) is 2. The SMILES string of the molecule is O=C(c1ccco1)N1CC[C@H](Oc2cc(N3CCOCC3)ncn2)C1. The normalized spacial score (nSPS) is 20.7. The number of carbonyl (C=O) groups excluding carboxylic acids is 1. The molecule has 2 aromatic heterocycles. The van der Waals surface area contributed by atoms with Crippen LogP contribution in [0.15, 0.2) is 35.2 Å². The number of anilines is 1. The number of nitrogens with zero attached hydrogens (tertiary/aromatic N) is 4. The van der Waals surface area contributed by atoms with Crippen molar-refractivity contribution in [1.82, 2.24) is 14.9 Å². The molecule has 2 aliphatic heterocycles.